The number of thioether (sulfide) groups is 1. The normalized spacial score (nSPS) is 15.8. The Labute approximate surface area is 224 Å². The summed E-state index contributed by atoms with van der Waals surface area (Å²) in [7, 11) is 0. The zero-order valence-electron chi connectivity index (χ0n) is 20.3. The molecule has 1 heterocycles. The maximum absolute atomic E-state index is 13.3. The maximum Gasteiger partial charge on any atom is 0.323 e. The number of fused-ring (bicyclic) bond motifs is 1. The van der Waals surface area contributed by atoms with Gasteiger partial charge in [-0.3, -0.25) is 24.6 Å². The molecular weight excluding hydrogens is 513 g/mol. The third kappa shape index (κ3) is 11.4. The van der Waals surface area contributed by atoms with Crippen molar-refractivity contribution in [2.75, 3.05) is 30.3 Å². The molecule has 1 unspecified atom stereocenters. The number of aliphatic carboxylic acids is 1. The minimum absolute atomic E-state index is 0. The highest BCUT2D eigenvalue weighted by Gasteiger charge is 2.34. The van der Waals surface area contributed by atoms with E-state index in [1.807, 2.05) is 12.1 Å². The second-order valence-electron chi connectivity index (χ2n) is 8.17. The first-order chi connectivity index (χ1) is 16.0. The molecule has 0 aromatic heterocycles. The van der Waals surface area contributed by atoms with Crippen molar-refractivity contribution in [3.8, 4) is 0 Å². The van der Waals surface area contributed by atoms with Crippen LogP contribution < -0.4 is 16.0 Å². The SMILES string of the molecule is CCOC(=O)[C@@H](CCCCCCCCCN)NC1CSc2ccccc2N(CC(=O)O)C1=O.Cl.Cl. The van der Waals surface area contributed by atoms with Crippen LogP contribution in [0.25, 0.3) is 0 Å². The van der Waals surface area contributed by atoms with Gasteiger partial charge in [0, 0.05) is 10.6 Å². The first kappa shape index (κ1) is 33.5. The number of carboxylic acids is 1. The number of anilines is 1. The molecule has 35 heavy (non-hydrogen) atoms. The molecule has 4 N–H and O–H groups in total. The number of hydrogen-bond acceptors (Lipinski definition) is 7. The summed E-state index contributed by atoms with van der Waals surface area (Å²) in [5.41, 5.74) is 6.11. The Morgan fingerprint density at radius 3 is 2.40 bits per heavy atom. The lowest BCUT2D eigenvalue weighted by Crippen LogP contribution is -2.54. The molecule has 1 aliphatic rings. The predicted molar refractivity (Wildman–Crippen MR) is 145 cm³/mol. The van der Waals surface area contributed by atoms with Gasteiger partial charge in [-0.15, -0.1) is 36.6 Å². The number of carbonyl (C=O) groups is 3. The van der Waals surface area contributed by atoms with Gasteiger partial charge in [0.1, 0.15) is 12.6 Å². The first-order valence-corrected chi connectivity index (χ1v) is 12.8. The quantitative estimate of drug-likeness (QED) is 0.220. The average Bonchev–Trinajstić information content (AvgIpc) is 2.92. The fraction of sp³-hybridized carbons (Fsp3) is 0.625. The van der Waals surface area contributed by atoms with Gasteiger partial charge in [0.2, 0.25) is 5.91 Å². The largest absolute Gasteiger partial charge is 0.480 e. The van der Waals surface area contributed by atoms with Crippen LogP contribution in [0, 0.1) is 0 Å². The number of nitrogens with one attached hydrogen (secondary N) is 1. The number of carbonyl (C=O) groups excluding carboxylic acids is 2. The summed E-state index contributed by atoms with van der Waals surface area (Å²) in [6.07, 6.45) is 8.06. The second kappa shape index (κ2) is 18.7. The van der Waals surface area contributed by atoms with E-state index in [2.05, 4.69) is 5.32 Å². The predicted octanol–water partition coefficient (Wildman–Crippen LogP) is 4.02. The monoisotopic (exact) mass is 551 g/mol. The molecule has 0 radical (unpaired) electrons. The van der Waals surface area contributed by atoms with Crippen LogP contribution in [-0.4, -0.2) is 60.5 Å². The summed E-state index contributed by atoms with van der Waals surface area (Å²) >= 11 is 1.48. The molecule has 200 valence electrons. The van der Waals surface area contributed by atoms with Crippen molar-refractivity contribution in [3.05, 3.63) is 24.3 Å². The van der Waals surface area contributed by atoms with Crippen molar-refractivity contribution in [1.29, 1.82) is 0 Å². The highest BCUT2D eigenvalue weighted by Crippen LogP contribution is 2.34. The molecule has 1 aromatic carbocycles. The van der Waals surface area contributed by atoms with E-state index in [0.29, 0.717) is 17.9 Å². The van der Waals surface area contributed by atoms with Gasteiger partial charge in [0.15, 0.2) is 0 Å². The van der Waals surface area contributed by atoms with E-state index in [9.17, 15) is 19.5 Å². The summed E-state index contributed by atoms with van der Waals surface area (Å²) in [4.78, 5) is 39.5. The van der Waals surface area contributed by atoms with Gasteiger partial charge in [0.05, 0.1) is 18.3 Å². The lowest BCUT2D eigenvalue weighted by Gasteiger charge is -2.27. The van der Waals surface area contributed by atoms with Crippen LogP contribution in [0.2, 0.25) is 0 Å². The van der Waals surface area contributed by atoms with E-state index in [1.54, 1.807) is 19.1 Å². The Balaban J connectivity index is 0.00000578. The summed E-state index contributed by atoms with van der Waals surface area (Å²) in [5, 5.41) is 12.6. The van der Waals surface area contributed by atoms with Crippen LogP contribution >= 0.6 is 36.6 Å². The van der Waals surface area contributed by atoms with E-state index >= 15 is 0 Å². The number of rotatable bonds is 15. The molecule has 2 rings (SSSR count). The number of halogens is 2. The van der Waals surface area contributed by atoms with Gasteiger partial charge < -0.3 is 15.6 Å². The number of esters is 1. The Morgan fingerprint density at radius 2 is 1.77 bits per heavy atom. The number of carboxylic acid groups (broad SMARTS) is 1. The van der Waals surface area contributed by atoms with Crippen molar-refractivity contribution in [1.82, 2.24) is 5.32 Å². The second-order valence-corrected chi connectivity index (χ2v) is 9.23. The molecule has 0 aliphatic carbocycles. The average molecular weight is 553 g/mol. The van der Waals surface area contributed by atoms with Crippen LogP contribution in [0.3, 0.4) is 0 Å². The van der Waals surface area contributed by atoms with E-state index in [1.165, 1.54) is 23.1 Å². The van der Waals surface area contributed by atoms with E-state index in [0.717, 1.165) is 50.0 Å². The van der Waals surface area contributed by atoms with Gasteiger partial charge in [-0.2, -0.15) is 0 Å². The molecule has 0 bridgehead atoms. The number of para-hydroxylation sites is 1. The minimum Gasteiger partial charge on any atom is -0.480 e. The van der Waals surface area contributed by atoms with Gasteiger partial charge in [0.25, 0.3) is 0 Å². The number of hydrogen-bond donors (Lipinski definition) is 3. The number of nitrogens with zero attached hydrogens (tertiary/aromatic N) is 1. The summed E-state index contributed by atoms with van der Waals surface area (Å²) in [6, 6.07) is 5.98. The summed E-state index contributed by atoms with van der Waals surface area (Å²) < 4.78 is 5.25. The molecule has 0 saturated carbocycles. The number of ether oxygens (including phenoxy) is 1. The topological polar surface area (TPSA) is 122 Å². The highest BCUT2D eigenvalue weighted by molar-refractivity contribution is 7.99. The number of benzene rings is 1. The molecule has 0 spiro atoms. The van der Waals surface area contributed by atoms with Crippen LogP contribution in [0.5, 0.6) is 0 Å². The van der Waals surface area contributed by atoms with Crippen molar-refractivity contribution in [2.24, 2.45) is 5.73 Å². The Hall–Kier alpha value is -1.52. The fourth-order valence-electron chi connectivity index (χ4n) is 3.90. The lowest BCUT2D eigenvalue weighted by atomic mass is 10.0. The molecular formula is C24H39Cl2N3O5S. The van der Waals surface area contributed by atoms with E-state index < -0.39 is 24.6 Å². The molecule has 1 amide bonds. The van der Waals surface area contributed by atoms with Gasteiger partial charge in [-0.25, -0.2) is 0 Å². The molecule has 0 fully saturated rings. The van der Waals surface area contributed by atoms with Gasteiger partial charge in [-0.05, 0) is 38.4 Å². The smallest absolute Gasteiger partial charge is 0.323 e. The maximum atomic E-state index is 13.3. The van der Waals surface area contributed by atoms with E-state index in [4.69, 9.17) is 10.5 Å². The Morgan fingerprint density at radius 1 is 1.14 bits per heavy atom. The molecule has 2 atom stereocenters. The minimum atomic E-state index is -1.09. The zero-order valence-corrected chi connectivity index (χ0v) is 22.7. The number of unbranched alkanes of at least 4 members (excludes halogenated alkanes) is 6. The van der Waals surface area contributed by atoms with Crippen molar-refractivity contribution in [2.45, 2.75) is 75.3 Å². The molecule has 0 saturated heterocycles. The van der Waals surface area contributed by atoms with Gasteiger partial charge in [-0.1, -0.05) is 50.7 Å². The number of nitrogens with two attached hydrogens (primary N) is 1. The summed E-state index contributed by atoms with van der Waals surface area (Å²) in [6.45, 7) is 2.33. The van der Waals surface area contributed by atoms with Gasteiger partial charge >= 0.3 is 11.9 Å². The van der Waals surface area contributed by atoms with Crippen molar-refractivity contribution < 1.29 is 24.2 Å². The third-order valence-corrected chi connectivity index (χ3v) is 6.75. The third-order valence-electron chi connectivity index (χ3n) is 5.59. The van der Waals surface area contributed by atoms with Crippen LogP contribution in [0.4, 0.5) is 5.69 Å². The molecule has 11 heteroatoms. The molecule has 1 aliphatic heterocycles. The first-order valence-electron chi connectivity index (χ1n) is 11.9. The molecule has 1 aromatic rings. The summed E-state index contributed by atoms with van der Waals surface area (Å²) in [5.74, 6) is -1.39. The standard InChI is InChI=1S/C24H37N3O5S.2ClH/c1-2-32-24(31)18(12-8-6-4-3-5-7-11-15-25)26-19-17-33-21-14-10-9-13-20(21)27(23(19)30)16-22(28)29;;/h9-10,13-14,18-19,26H,2-8,11-12,15-17,25H2,1H3,(H,28,29);2*1H/t18-,19?;;/m1../s1. The Bertz CT molecular complexity index is 787. The number of amides is 1. The van der Waals surface area contributed by atoms with Crippen LogP contribution in [0.15, 0.2) is 29.2 Å². The molecule has 8 nitrogen and oxygen atoms in total. The Kier molecular flexibility index (Phi) is 17.9. The fourth-order valence-corrected chi connectivity index (χ4v) is 4.99. The van der Waals surface area contributed by atoms with Crippen LogP contribution in [0.1, 0.15) is 58.3 Å². The van der Waals surface area contributed by atoms with Crippen LogP contribution in [-0.2, 0) is 19.1 Å². The van der Waals surface area contributed by atoms with Crippen molar-refractivity contribution in [3.63, 3.8) is 0 Å². The lowest BCUT2D eigenvalue weighted by molar-refractivity contribution is -0.146. The highest BCUT2D eigenvalue weighted by atomic mass is 35.5. The zero-order chi connectivity index (χ0) is 24.1. The van der Waals surface area contributed by atoms with E-state index in [-0.39, 0.29) is 43.3 Å². The van der Waals surface area contributed by atoms with Crippen molar-refractivity contribution >= 4 is 60.1 Å².